The zero-order chi connectivity index (χ0) is 11.5. The molecule has 4 nitrogen and oxygen atoms in total. The molecule has 0 radical (unpaired) electrons. The third kappa shape index (κ3) is 2.83. The van der Waals surface area contributed by atoms with Crippen LogP contribution in [0.2, 0.25) is 0 Å². The number of hydrogen-bond donors (Lipinski definition) is 1. The Morgan fingerprint density at radius 2 is 2.12 bits per heavy atom. The Balaban J connectivity index is 1.93. The number of likely N-dealkylation sites (tertiary alicyclic amines) is 1. The van der Waals surface area contributed by atoms with Crippen molar-refractivity contribution in [3.63, 3.8) is 0 Å². The van der Waals surface area contributed by atoms with Gasteiger partial charge in [0, 0.05) is 25.7 Å². The lowest BCUT2D eigenvalue weighted by Gasteiger charge is -2.34. The number of rotatable bonds is 3. The molecular weight excluding hydrogens is 202 g/mol. The Morgan fingerprint density at radius 1 is 1.44 bits per heavy atom. The second-order valence-electron chi connectivity index (χ2n) is 5.13. The van der Waals surface area contributed by atoms with Gasteiger partial charge in [-0.3, -0.25) is 4.90 Å². The maximum absolute atomic E-state index is 5.50. The Kier molecular flexibility index (Phi) is 3.61. The second-order valence-corrected chi connectivity index (χ2v) is 5.13. The molecule has 2 heterocycles. The van der Waals surface area contributed by atoms with Crippen molar-refractivity contribution >= 4 is 0 Å². The van der Waals surface area contributed by atoms with Crippen LogP contribution in [0.1, 0.15) is 31.7 Å². The predicted octanol–water partition coefficient (Wildman–Crippen LogP) is 1.61. The molecule has 0 aliphatic carbocycles. The summed E-state index contributed by atoms with van der Waals surface area (Å²) in [5.41, 5.74) is 6.35. The topological polar surface area (TPSA) is 55.3 Å². The molecule has 1 saturated heterocycles. The molecule has 1 aromatic heterocycles. The third-order valence-corrected chi connectivity index (χ3v) is 3.14. The van der Waals surface area contributed by atoms with Gasteiger partial charge in [-0.15, -0.1) is 0 Å². The van der Waals surface area contributed by atoms with Crippen molar-refractivity contribution in [1.29, 1.82) is 0 Å². The molecule has 1 aliphatic heterocycles. The van der Waals surface area contributed by atoms with Crippen molar-refractivity contribution in [2.45, 2.75) is 33.4 Å². The van der Waals surface area contributed by atoms with Crippen LogP contribution in [0.25, 0.3) is 0 Å². The largest absolute Gasteiger partial charge is 0.360 e. The molecule has 2 unspecified atom stereocenters. The van der Waals surface area contributed by atoms with E-state index in [1.54, 1.807) is 0 Å². The van der Waals surface area contributed by atoms with E-state index >= 15 is 0 Å². The molecule has 16 heavy (non-hydrogen) atoms. The number of nitrogens with two attached hydrogens (primary N) is 1. The van der Waals surface area contributed by atoms with Crippen LogP contribution in [0, 0.1) is 11.8 Å². The molecule has 2 rings (SSSR count). The summed E-state index contributed by atoms with van der Waals surface area (Å²) in [4.78, 5) is 2.44. The van der Waals surface area contributed by atoms with E-state index in [9.17, 15) is 0 Å². The van der Waals surface area contributed by atoms with Crippen LogP contribution in [-0.4, -0.2) is 23.1 Å². The Hall–Kier alpha value is -0.870. The Bertz CT molecular complexity index is 327. The summed E-state index contributed by atoms with van der Waals surface area (Å²) in [6.45, 7) is 8.26. The molecule has 1 aromatic rings. The van der Waals surface area contributed by atoms with E-state index in [1.165, 1.54) is 6.42 Å². The summed E-state index contributed by atoms with van der Waals surface area (Å²) in [5.74, 6) is 2.49. The van der Waals surface area contributed by atoms with Crippen LogP contribution in [0.4, 0.5) is 0 Å². The number of nitrogens with zero attached hydrogens (tertiary/aromatic N) is 2. The zero-order valence-electron chi connectivity index (χ0n) is 10.1. The fraction of sp³-hybridized carbons (Fsp3) is 0.750. The number of aromatic nitrogens is 1. The first kappa shape index (κ1) is 11.6. The molecule has 2 N–H and O–H groups in total. The van der Waals surface area contributed by atoms with Gasteiger partial charge in [0.15, 0.2) is 5.76 Å². The molecule has 0 aromatic carbocycles. The minimum atomic E-state index is 0.455. The minimum Gasteiger partial charge on any atom is -0.360 e. The monoisotopic (exact) mass is 223 g/mol. The van der Waals surface area contributed by atoms with E-state index in [0.29, 0.717) is 6.54 Å². The summed E-state index contributed by atoms with van der Waals surface area (Å²) in [6, 6.07) is 1.96. The first-order valence-electron chi connectivity index (χ1n) is 6.04. The lowest BCUT2D eigenvalue weighted by atomic mass is 9.92. The van der Waals surface area contributed by atoms with Gasteiger partial charge in [0.05, 0.1) is 12.2 Å². The van der Waals surface area contributed by atoms with Crippen molar-refractivity contribution in [2.75, 3.05) is 13.1 Å². The zero-order valence-corrected chi connectivity index (χ0v) is 10.1. The standard InChI is InChI=1S/C12H21N3O/c1-9-3-10(2)7-15(6-9)8-12-4-11(5-13)14-16-12/h4,9-10H,3,5-8,13H2,1-2H3. The first-order valence-corrected chi connectivity index (χ1v) is 6.04. The van der Waals surface area contributed by atoms with Crippen molar-refractivity contribution < 1.29 is 4.52 Å². The van der Waals surface area contributed by atoms with Crippen molar-refractivity contribution in [3.05, 3.63) is 17.5 Å². The summed E-state index contributed by atoms with van der Waals surface area (Å²) in [7, 11) is 0. The molecule has 90 valence electrons. The number of piperidine rings is 1. The fourth-order valence-electron chi connectivity index (χ4n) is 2.67. The van der Waals surface area contributed by atoms with Crippen molar-refractivity contribution in [1.82, 2.24) is 10.1 Å². The van der Waals surface area contributed by atoms with Crippen LogP contribution in [-0.2, 0) is 13.1 Å². The molecule has 0 amide bonds. The lowest BCUT2D eigenvalue weighted by Crippen LogP contribution is -2.37. The second kappa shape index (κ2) is 4.97. The summed E-state index contributed by atoms with van der Waals surface area (Å²) >= 11 is 0. The Morgan fingerprint density at radius 3 is 2.69 bits per heavy atom. The highest BCUT2D eigenvalue weighted by molar-refractivity contribution is 5.04. The van der Waals surface area contributed by atoms with Crippen LogP contribution >= 0.6 is 0 Å². The van der Waals surface area contributed by atoms with E-state index in [0.717, 1.165) is 42.9 Å². The van der Waals surface area contributed by atoms with Gasteiger partial charge in [-0.2, -0.15) is 0 Å². The van der Waals surface area contributed by atoms with Gasteiger partial charge >= 0.3 is 0 Å². The van der Waals surface area contributed by atoms with Crippen LogP contribution in [0.5, 0.6) is 0 Å². The molecule has 1 aliphatic rings. The molecule has 0 bridgehead atoms. The van der Waals surface area contributed by atoms with Crippen molar-refractivity contribution in [3.8, 4) is 0 Å². The van der Waals surface area contributed by atoms with E-state index in [1.807, 2.05) is 6.07 Å². The van der Waals surface area contributed by atoms with Gasteiger partial charge < -0.3 is 10.3 Å². The van der Waals surface area contributed by atoms with Crippen LogP contribution in [0.15, 0.2) is 10.6 Å². The SMILES string of the molecule is CC1CC(C)CN(Cc2cc(CN)no2)C1. The highest BCUT2D eigenvalue weighted by Crippen LogP contribution is 2.22. The lowest BCUT2D eigenvalue weighted by molar-refractivity contribution is 0.123. The molecule has 0 spiro atoms. The third-order valence-electron chi connectivity index (χ3n) is 3.14. The van der Waals surface area contributed by atoms with Gasteiger partial charge in [0.2, 0.25) is 0 Å². The maximum atomic E-state index is 5.50. The molecule has 1 fully saturated rings. The normalized spacial score (nSPS) is 27.2. The summed E-state index contributed by atoms with van der Waals surface area (Å²) in [5, 5.41) is 3.91. The van der Waals surface area contributed by atoms with Gasteiger partial charge in [-0.25, -0.2) is 0 Å². The average molecular weight is 223 g/mol. The highest BCUT2D eigenvalue weighted by atomic mass is 16.5. The van der Waals surface area contributed by atoms with Gasteiger partial charge in [0.25, 0.3) is 0 Å². The number of hydrogen-bond acceptors (Lipinski definition) is 4. The Labute approximate surface area is 96.8 Å². The van der Waals surface area contributed by atoms with Crippen molar-refractivity contribution in [2.24, 2.45) is 17.6 Å². The average Bonchev–Trinajstić information content (AvgIpc) is 2.64. The van der Waals surface area contributed by atoms with Crippen LogP contribution in [0.3, 0.4) is 0 Å². The first-order chi connectivity index (χ1) is 7.67. The van der Waals surface area contributed by atoms with E-state index < -0.39 is 0 Å². The van der Waals surface area contributed by atoms with E-state index in [4.69, 9.17) is 10.3 Å². The van der Waals surface area contributed by atoms with Gasteiger partial charge in [-0.1, -0.05) is 19.0 Å². The molecule has 4 heteroatoms. The van der Waals surface area contributed by atoms with E-state index in [-0.39, 0.29) is 0 Å². The summed E-state index contributed by atoms with van der Waals surface area (Å²) < 4.78 is 5.26. The fourth-order valence-corrected chi connectivity index (χ4v) is 2.67. The van der Waals surface area contributed by atoms with Gasteiger partial charge in [0.1, 0.15) is 0 Å². The highest BCUT2D eigenvalue weighted by Gasteiger charge is 2.22. The van der Waals surface area contributed by atoms with Crippen LogP contribution < -0.4 is 5.73 Å². The molecule has 2 atom stereocenters. The minimum absolute atomic E-state index is 0.455. The molecule has 0 saturated carbocycles. The quantitative estimate of drug-likeness (QED) is 0.846. The maximum Gasteiger partial charge on any atom is 0.151 e. The summed E-state index contributed by atoms with van der Waals surface area (Å²) in [6.07, 6.45) is 1.33. The van der Waals surface area contributed by atoms with Gasteiger partial charge in [-0.05, 0) is 18.3 Å². The predicted molar refractivity (Wildman–Crippen MR) is 62.6 cm³/mol. The smallest absolute Gasteiger partial charge is 0.151 e. The van der Waals surface area contributed by atoms with E-state index in [2.05, 4.69) is 23.9 Å². The molecular formula is C12H21N3O.